The van der Waals surface area contributed by atoms with E-state index in [1.165, 1.54) is 0 Å². The lowest BCUT2D eigenvalue weighted by Crippen LogP contribution is -2.14. The Kier molecular flexibility index (Phi) is 3.59. The van der Waals surface area contributed by atoms with E-state index in [1.807, 2.05) is 6.07 Å². The molecular weight excluding hydrogens is 266 g/mol. The van der Waals surface area contributed by atoms with Crippen LogP contribution in [-0.2, 0) is 16.6 Å². The number of benzene rings is 1. The first-order chi connectivity index (χ1) is 8.94. The zero-order valence-corrected chi connectivity index (χ0v) is 11.5. The summed E-state index contributed by atoms with van der Waals surface area (Å²) in [6.45, 7) is 3.49. The van der Waals surface area contributed by atoms with Crippen molar-refractivity contribution in [2.24, 2.45) is 5.73 Å². The summed E-state index contributed by atoms with van der Waals surface area (Å²) in [6.07, 6.45) is 0. The summed E-state index contributed by atoms with van der Waals surface area (Å²) >= 11 is 0. The molecule has 2 rings (SSSR count). The van der Waals surface area contributed by atoms with Gasteiger partial charge in [-0.1, -0.05) is 17.3 Å². The second-order valence-electron chi connectivity index (χ2n) is 4.16. The first kappa shape index (κ1) is 13.6. The van der Waals surface area contributed by atoms with Crippen molar-refractivity contribution in [3.8, 4) is 0 Å². The molecule has 0 aliphatic heterocycles. The third-order valence-corrected chi connectivity index (χ3v) is 4.28. The molecule has 0 aliphatic carbocycles. The lowest BCUT2D eigenvalue weighted by atomic mass is 10.2. The van der Waals surface area contributed by atoms with Crippen molar-refractivity contribution < 1.29 is 12.9 Å². The standard InChI is InChI=1S/C12H15N3O3S/c1-8-12(9(2)18-14-8)19(16,17)15-11-5-3-4-10(6-11)7-13/h3-6,15H,7,13H2,1-2H3. The number of hydrogen-bond acceptors (Lipinski definition) is 5. The number of hydrogen-bond donors (Lipinski definition) is 2. The fourth-order valence-corrected chi connectivity index (χ4v) is 3.21. The van der Waals surface area contributed by atoms with E-state index in [2.05, 4.69) is 9.88 Å². The second-order valence-corrected chi connectivity index (χ2v) is 5.78. The molecule has 0 saturated heterocycles. The molecule has 0 unspecified atom stereocenters. The van der Waals surface area contributed by atoms with E-state index in [0.29, 0.717) is 17.9 Å². The van der Waals surface area contributed by atoms with Crippen molar-refractivity contribution in [3.05, 3.63) is 41.3 Å². The molecule has 7 heteroatoms. The average molecular weight is 281 g/mol. The van der Waals surface area contributed by atoms with Crippen LogP contribution < -0.4 is 10.5 Å². The van der Waals surface area contributed by atoms with Crippen LogP contribution in [0, 0.1) is 13.8 Å². The number of sulfonamides is 1. The van der Waals surface area contributed by atoms with Gasteiger partial charge in [-0.15, -0.1) is 0 Å². The predicted molar refractivity (Wildman–Crippen MR) is 71.1 cm³/mol. The van der Waals surface area contributed by atoms with Gasteiger partial charge in [-0.05, 0) is 31.5 Å². The van der Waals surface area contributed by atoms with Crippen LogP contribution in [0.5, 0.6) is 0 Å². The van der Waals surface area contributed by atoms with E-state index in [0.717, 1.165) is 5.56 Å². The largest absolute Gasteiger partial charge is 0.360 e. The van der Waals surface area contributed by atoms with Gasteiger partial charge in [0.05, 0.1) is 0 Å². The molecule has 0 bridgehead atoms. The third-order valence-electron chi connectivity index (χ3n) is 2.65. The first-order valence-corrected chi connectivity index (χ1v) is 7.17. The van der Waals surface area contributed by atoms with Crippen molar-refractivity contribution >= 4 is 15.7 Å². The summed E-state index contributed by atoms with van der Waals surface area (Å²) in [5.74, 6) is 0.264. The minimum Gasteiger partial charge on any atom is -0.360 e. The Balaban J connectivity index is 2.36. The van der Waals surface area contributed by atoms with Gasteiger partial charge >= 0.3 is 0 Å². The van der Waals surface area contributed by atoms with E-state index in [1.54, 1.807) is 32.0 Å². The molecule has 0 aliphatic rings. The van der Waals surface area contributed by atoms with Gasteiger partial charge in [0.2, 0.25) is 0 Å². The van der Waals surface area contributed by atoms with Crippen LogP contribution in [0.4, 0.5) is 5.69 Å². The first-order valence-electron chi connectivity index (χ1n) is 5.69. The van der Waals surface area contributed by atoms with Crippen molar-refractivity contribution in [1.29, 1.82) is 0 Å². The Morgan fingerprint density at radius 2 is 2.11 bits per heavy atom. The average Bonchev–Trinajstić information content (AvgIpc) is 2.69. The molecule has 0 fully saturated rings. The summed E-state index contributed by atoms with van der Waals surface area (Å²) in [5.41, 5.74) is 7.16. The van der Waals surface area contributed by atoms with E-state index >= 15 is 0 Å². The van der Waals surface area contributed by atoms with Crippen LogP contribution in [0.2, 0.25) is 0 Å². The lowest BCUT2D eigenvalue weighted by Gasteiger charge is -2.08. The molecule has 1 aromatic carbocycles. The lowest BCUT2D eigenvalue weighted by molar-refractivity contribution is 0.390. The maximum absolute atomic E-state index is 12.3. The molecule has 6 nitrogen and oxygen atoms in total. The Bertz CT molecular complexity index is 672. The predicted octanol–water partition coefficient (Wildman–Crippen LogP) is 1.55. The van der Waals surface area contributed by atoms with E-state index in [4.69, 9.17) is 10.3 Å². The number of aromatic nitrogens is 1. The number of nitrogens with one attached hydrogen (secondary N) is 1. The highest BCUT2D eigenvalue weighted by Crippen LogP contribution is 2.22. The molecule has 0 spiro atoms. The molecule has 3 N–H and O–H groups in total. The smallest absolute Gasteiger partial charge is 0.267 e. The van der Waals surface area contributed by atoms with Gasteiger partial charge in [0.1, 0.15) is 5.69 Å². The second kappa shape index (κ2) is 5.02. The Labute approximate surface area is 111 Å². The topological polar surface area (TPSA) is 98.2 Å². The van der Waals surface area contributed by atoms with Crippen LogP contribution in [0.3, 0.4) is 0 Å². The molecule has 0 saturated carbocycles. The highest BCUT2D eigenvalue weighted by molar-refractivity contribution is 7.92. The van der Waals surface area contributed by atoms with Gasteiger partial charge in [0.25, 0.3) is 10.0 Å². The normalized spacial score (nSPS) is 11.5. The Morgan fingerprint density at radius 1 is 1.37 bits per heavy atom. The Morgan fingerprint density at radius 3 is 2.68 bits per heavy atom. The summed E-state index contributed by atoms with van der Waals surface area (Å²) < 4.78 is 31.9. The van der Waals surface area contributed by atoms with Gasteiger partial charge in [-0.2, -0.15) is 0 Å². The quantitative estimate of drug-likeness (QED) is 0.886. The van der Waals surface area contributed by atoms with Crippen molar-refractivity contribution in [2.45, 2.75) is 25.3 Å². The van der Waals surface area contributed by atoms with E-state index in [9.17, 15) is 8.42 Å². The molecular formula is C12H15N3O3S. The van der Waals surface area contributed by atoms with Gasteiger partial charge in [0.15, 0.2) is 10.7 Å². The number of nitrogens with zero attached hydrogens (tertiary/aromatic N) is 1. The third kappa shape index (κ3) is 2.77. The molecule has 1 heterocycles. The fraction of sp³-hybridized carbons (Fsp3) is 0.250. The van der Waals surface area contributed by atoms with Crippen molar-refractivity contribution in [2.75, 3.05) is 4.72 Å². The van der Waals surface area contributed by atoms with Gasteiger partial charge in [-0.3, -0.25) is 4.72 Å². The minimum absolute atomic E-state index is 0.0747. The summed E-state index contributed by atoms with van der Waals surface area (Å²) in [6, 6.07) is 6.92. The SMILES string of the molecule is Cc1noc(C)c1S(=O)(=O)Nc1cccc(CN)c1. The number of rotatable bonds is 4. The van der Waals surface area contributed by atoms with Crippen LogP contribution in [0.1, 0.15) is 17.0 Å². The van der Waals surface area contributed by atoms with Gasteiger partial charge in [-0.25, -0.2) is 8.42 Å². The zero-order chi connectivity index (χ0) is 14.0. The molecule has 102 valence electrons. The fourth-order valence-electron chi connectivity index (χ4n) is 1.83. The molecule has 0 radical (unpaired) electrons. The van der Waals surface area contributed by atoms with E-state index < -0.39 is 10.0 Å². The zero-order valence-electron chi connectivity index (χ0n) is 10.7. The molecule has 0 amide bonds. The van der Waals surface area contributed by atoms with Crippen LogP contribution in [0.15, 0.2) is 33.7 Å². The highest BCUT2D eigenvalue weighted by Gasteiger charge is 2.24. The molecule has 2 aromatic rings. The molecule has 0 atom stereocenters. The van der Waals surface area contributed by atoms with Crippen LogP contribution in [-0.4, -0.2) is 13.6 Å². The Hall–Kier alpha value is -1.86. The van der Waals surface area contributed by atoms with Crippen molar-refractivity contribution in [1.82, 2.24) is 5.16 Å². The van der Waals surface area contributed by atoms with Gasteiger partial charge < -0.3 is 10.3 Å². The molecule has 1 aromatic heterocycles. The summed E-state index contributed by atoms with van der Waals surface area (Å²) in [7, 11) is -3.70. The number of aryl methyl sites for hydroxylation is 2. The number of anilines is 1. The van der Waals surface area contributed by atoms with Crippen molar-refractivity contribution in [3.63, 3.8) is 0 Å². The van der Waals surface area contributed by atoms with E-state index in [-0.39, 0.29) is 10.7 Å². The summed E-state index contributed by atoms with van der Waals surface area (Å²) in [4.78, 5) is 0.0747. The maximum Gasteiger partial charge on any atom is 0.267 e. The highest BCUT2D eigenvalue weighted by atomic mass is 32.2. The number of nitrogens with two attached hydrogens (primary N) is 1. The minimum atomic E-state index is -3.70. The van der Waals surface area contributed by atoms with Gasteiger partial charge in [0, 0.05) is 12.2 Å². The maximum atomic E-state index is 12.3. The van der Waals surface area contributed by atoms with Crippen LogP contribution in [0.25, 0.3) is 0 Å². The monoisotopic (exact) mass is 281 g/mol. The molecule has 19 heavy (non-hydrogen) atoms. The summed E-state index contributed by atoms with van der Waals surface area (Å²) in [5, 5.41) is 3.64. The van der Waals surface area contributed by atoms with Crippen LogP contribution >= 0.6 is 0 Å².